The molecule has 0 radical (unpaired) electrons. The van der Waals surface area contributed by atoms with Crippen molar-refractivity contribution in [2.24, 2.45) is 11.5 Å². The lowest BCUT2D eigenvalue weighted by Gasteiger charge is -2.20. The van der Waals surface area contributed by atoms with Crippen LogP contribution in [0.15, 0.2) is 0 Å². The second kappa shape index (κ2) is 18.9. The molecule has 0 aliphatic rings. The SMILES string of the molecule is CCCCCCCCCCCCCC(=O)N[C@@H](CC(N)=O)C(=O)N[C@@H](CCC(N)=O)C(=O)O. The third-order valence-electron chi connectivity index (χ3n) is 5.36. The first-order valence-electron chi connectivity index (χ1n) is 12.1. The Morgan fingerprint density at radius 3 is 1.67 bits per heavy atom. The van der Waals surface area contributed by atoms with Crippen LogP contribution >= 0.6 is 0 Å². The number of aliphatic carboxylic acids is 1. The molecule has 0 spiro atoms. The molecule has 0 bridgehead atoms. The molecule has 0 unspecified atom stereocenters. The van der Waals surface area contributed by atoms with Crippen molar-refractivity contribution in [2.75, 3.05) is 0 Å². The number of hydrogen-bond donors (Lipinski definition) is 5. The number of rotatable bonds is 21. The molecule has 0 rings (SSSR count). The smallest absolute Gasteiger partial charge is 0.326 e. The molecule has 2 atom stereocenters. The average Bonchev–Trinajstić information content (AvgIpc) is 2.73. The minimum absolute atomic E-state index is 0.198. The Morgan fingerprint density at radius 2 is 1.21 bits per heavy atom. The first kappa shape index (κ1) is 30.4. The molecule has 0 aliphatic carbocycles. The maximum atomic E-state index is 12.4. The maximum absolute atomic E-state index is 12.4. The molecule has 0 heterocycles. The zero-order valence-electron chi connectivity index (χ0n) is 19.9. The lowest BCUT2D eigenvalue weighted by molar-refractivity contribution is -0.142. The predicted molar refractivity (Wildman–Crippen MR) is 125 cm³/mol. The number of carboxylic acids is 1. The Kier molecular flexibility index (Phi) is 17.4. The third-order valence-corrected chi connectivity index (χ3v) is 5.36. The van der Waals surface area contributed by atoms with Gasteiger partial charge in [-0.15, -0.1) is 0 Å². The fourth-order valence-corrected chi connectivity index (χ4v) is 3.44. The summed E-state index contributed by atoms with van der Waals surface area (Å²) in [6, 6.07) is -2.65. The molecular formula is C23H42N4O6. The van der Waals surface area contributed by atoms with Crippen LogP contribution in [0.5, 0.6) is 0 Å². The number of nitrogens with two attached hydrogens (primary N) is 2. The topological polar surface area (TPSA) is 182 Å². The van der Waals surface area contributed by atoms with E-state index < -0.39 is 48.1 Å². The van der Waals surface area contributed by atoms with E-state index in [1.807, 2.05) is 0 Å². The van der Waals surface area contributed by atoms with Crippen molar-refractivity contribution in [3.8, 4) is 0 Å². The van der Waals surface area contributed by atoms with Gasteiger partial charge in [-0.05, 0) is 12.8 Å². The Hall–Kier alpha value is -2.65. The van der Waals surface area contributed by atoms with Crippen LogP contribution in [0.3, 0.4) is 0 Å². The van der Waals surface area contributed by atoms with Crippen molar-refractivity contribution in [1.82, 2.24) is 10.6 Å². The Morgan fingerprint density at radius 1 is 0.697 bits per heavy atom. The first-order valence-corrected chi connectivity index (χ1v) is 12.1. The minimum atomic E-state index is -1.37. The van der Waals surface area contributed by atoms with E-state index in [9.17, 15) is 29.1 Å². The number of amides is 4. The van der Waals surface area contributed by atoms with Crippen molar-refractivity contribution >= 4 is 29.6 Å². The van der Waals surface area contributed by atoms with Crippen molar-refractivity contribution in [1.29, 1.82) is 0 Å². The van der Waals surface area contributed by atoms with Crippen LogP contribution in [0.4, 0.5) is 0 Å². The van der Waals surface area contributed by atoms with Crippen LogP contribution in [0, 0.1) is 0 Å². The van der Waals surface area contributed by atoms with Gasteiger partial charge >= 0.3 is 5.97 Å². The zero-order chi connectivity index (χ0) is 25.1. The van der Waals surface area contributed by atoms with Crippen LogP contribution in [0.25, 0.3) is 0 Å². The summed E-state index contributed by atoms with van der Waals surface area (Å²) in [6.07, 6.45) is 11.9. The van der Waals surface area contributed by atoms with Gasteiger partial charge in [0.1, 0.15) is 12.1 Å². The molecule has 0 aromatic heterocycles. The molecule has 0 fully saturated rings. The minimum Gasteiger partial charge on any atom is -0.480 e. The highest BCUT2D eigenvalue weighted by Gasteiger charge is 2.27. The van der Waals surface area contributed by atoms with Crippen LogP contribution in [-0.4, -0.2) is 46.8 Å². The average molecular weight is 471 g/mol. The molecule has 190 valence electrons. The van der Waals surface area contributed by atoms with Gasteiger partial charge in [0.05, 0.1) is 6.42 Å². The maximum Gasteiger partial charge on any atom is 0.326 e. The molecule has 10 heteroatoms. The quantitative estimate of drug-likeness (QED) is 0.160. The second-order valence-corrected chi connectivity index (χ2v) is 8.48. The van der Waals surface area contributed by atoms with E-state index in [0.717, 1.165) is 19.3 Å². The number of carbonyl (C=O) groups excluding carboxylic acids is 4. The van der Waals surface area contributed by atoms with Crippen molar-refractivity contribution in [3.05, 3.63) is 0 Å². The van der Waals surface area contributed by atoms with Gasteiger partial charge in [-0.2, -0.15) is 0 Å². The fourth-order valence-electron chi connectivity index (χ4n) is 3.44. The van der Waals surface area contributed by atoms with Gasteiger partial charge in [0.2, 0.25) is 23.6 Å². The van der Waals surface area contributed by atoms with Crippen molar-refractivity contribution < 1.29 is 29.1 Å². The number of carboxylic acid groups (broad SMARTS) is 1. The summed E-state index contributed by atoms with van der Waals surface area (Å²) in [4.78, 5) is 58.1. The number of unbranched alkanes of at least 4 members (excludes halogenated alkanes) is 10. The summed E-state index contributed by atoms with van der Waals surface area (Å²) in [5, 5.41) is 13.9. The third kappa shape index (κ3) is 17.6. The van der Waals surface area contributed by atoms with Gasteiger partial charge in [0, 0.05) is 12.8 Å². The highest BCUT2D eigenvalue weighted by Crippen LogP contribution is 2.12. The van der Waals surface area contributed by atoms with E-state index in [2.05, 4.69) is 17.6 Å². The standard InChI is InChI=1S/C23H42N4O6/c1-2-3-4-5-6-7-8-9-10-11-12-13-21(30)26-18(16-20(25)29)22(31)27-17(23(32)33)14-15-19(24)28/h17-18H,2-16H2,1H3,(H2,24,28)(H2,25,29)(H,26,30)(H,27,31)(H,32,33)/t17-,18-/m0/s1. The van der Waals surface area contributed by atoms with Gasteiger partial charge in [-0.1, -0.05) is 71.1 Å². The van der Waals surface area contributed by atoms with Crippen LogP contribution in [-0.2, 0) is 24.0 Å². The number of hydrogen-bond acceptors (Lipinski definition) is 5. The fraction of sp³-hybridized carbons (Fsp3) is 0.783. The summed E-state index contributed by atoms with van der Waals surface area (Å²) in [7, 11) is 0. The van der Waals surface area contributed by atoms with Gasteiger partial charge < -0.3 is 27.2 Å². The van der Waals surface area contributed by atoms with E-state index in [4.69, 9.17) is 11.5 Å². The molecule has 0 aromatic rings. The van der Waals surface area contributed by atoms with Gasteiger partial charge in [0.25, 0.3) is 0 Å². The summed E-state index contributed by atoms with van der Waals surface area (Å²) in [5.41, 5.74) is 10.2. The first-order chi connectivity index (χ1) is 15.7. The Bertz CT molecular complexity index is 626. The normalized spacial score (nSPS) is 12.5. The molecule has 4 amide bonds. The van der Waals surface area contributed by atoms with Gasteiger partial charge in [0.15, 0.2) is 0 Å². The molecule has 33 heavy (non-hydrogen) atoms. The lowest BCUT2D eigenvalue weighted by Crippen LogP contribution is -2.52. The summed E-state index contributed by atoms with van der Waals surface area (Å²) < 4.78 is 0. The van der Waals surface area contributed by atoms with E-state index in [-0.39, 0.29) is 19.3 Å². The largest absolute Gasteiger partial charge is 0.480 e. The molecule has 0 saturated heterocycles. The van der Waals surface area contributed by atoms with Gasteiger partial charge in [-0.25, -0.2) is 4.79 Å². The van der Waals surface area contributed by atoms with E-state index in [1.54, 1.807) is 0 Å². The summed E-state index contributed by atoms with van der Waals surface area (Å²) in [6.45, 7) is 2.20. The molecule has 0 aromatic carbocycles. The number of carbonyl (C=O) groups is 5. The Balaban J connectivity index is 4.31. The number of primary amides is 2. The molecule has 0 aliphatic heterocycles. The second-order valence-electron chi connectivity index (χ2n) is 8.48. The van der Waals surface area contributed by atoms with E-state index >= 15 is 0 Å². The summed E-state index contributed by atoms with van der Waals surface area (Å²) in [5.74, 6) is -4.12. The van der Waals surface area contributed by atoms with Crippen LogP contribution < -0.4 is 22.1 Å². The van der Waals surface area contributed by atoms with Crippen molar-refractivity contribution in [3.63, 3.8) is 0 Å². The van der Waals surface area contributed by atoms with Crippen LogP contribution in [0.2, 0.25) is 0 Å². The monoisotopic (exact) mass is 470 g/mol. The molecule has 0 saturated carbocycles. The van der Waals surface area contributed by atoms with E-state index in [1.165, 1.54) is 44.9 Å². The van der Waals surface area contributed by atoms with Crippen molar-refractivity contribution in [2.45, 2.75) is 115 Å². The predicted octanol–water partition coefficient (Wildman–Crippen LogP) is 1.88. The molecule has 10 nitrogen and oxygen atoms in total. The van der Waals surface area contributed by atoms with Crippen LogP contribution in [0.1, 0.15) is 103 Å². The summed E-state index contributed by atoms with van der Waals surface area (Å²) >= 11 is 0. The lowest BCUT2D eigenvalue weighted by atomic mass is 10.0. The highest BCUT2D eigenvalue weighted by molar-refractivity contribution is 5.93. The van der Waals surface area contributed by atoms with E-state index in [0.29, 0.717) is 6.42 Å². The Labute approximate surface area is 196 Å². The highest BCUT2D eigenvalue weighted by atomic mass is 16.4. The molecule has 7 N–H and O–H groups in total. The number of nitrogens with one attached hydrogen (secondary N) is 2. The zero-order valence-corrected chi connectivity index (χ0v) is 19.9. The van der Waals surface area contributed by atoms with Gasteiger partial charge in [-0.3, -0.25) is 19.2 Å². The molecular weight excluding hydrogens is 428 g/mol.